The first-order valence-corrected chi connectivity index (χ1v) is 11.9. The lowest BCUT2D eigenvalue weighted by Gasteiger charge is -2.26. The largest absolute Gasteiger partial charge is 0.495 e. The molecule has 1 saturated heterocycles. The summed E-state index contributed by atoms with van der Waals surface area (Å²) >= 11 is 6.10. The maximum Gasteiger partial charge on any atom is 0.273 e. The van der Waals surface area contributed by atoms with Crippen molar-refractivity contribution in [1.29, 1.82) is 0 Å². The molecule has 178 valence electrons. The van der Waals surface area contributed by atoms with Crippen LogP contribution < -0.4 is 14.4 Å². The quantitative estimate of drug-likeness (QED) is 0.416. The summed E-state index contributed by atoms with van der Waals surface area (Å²) in [6, 6.07) is 7.92. The van der Waals surface area contributed by atoms with Gasteiger partial charge in [-0.3, -0.25) is 19.2 Å². The maximum atomic E-state index is 13.6. The fraction of sp³-hybridized carbons (Fsp3) is 0.381. The van der Waals surface area contributed by atoms with E-state index in [2.05, 4.69) is 5.32 Å². The molecule has 1 fully saturated rings. The fourth-order valence-electron chi connectivity index (χ4n) is 3.45. The first kappa shape index (κ1) is 24.7. The summed E-state index contributed by atoms with van der Waals surface area (Å²) in [5, 5.41) is 14.3. The number of hydrogen-bond donors (Lipinski definition) is 1. The topological polar surface area (TPSA) is 128 Å². The number of amides is 1. The monoisotopic (exact) mass is 497 g/mol. The highest BCUT2D eigenvalue weighted by Crippen LogP contribution is 2.35. The number of nitro groups is 1. The van der Waals surface area contributed by atoms with Crippen molar-refractivity contribution in [2.24, 2.45) is 0 Å². The lowest BCUT2D eigenvalue weighted by molar-refractivity contribution is -0.385. The molecule has 0 radical (unpaired) electrons. The van der Waals surface area contributed by atoms with E-state index in [1.807, 2.05) is 0 Å². The van der Waals surface area contributed by atoms with Gasteiger partial charge in [0.15, 0.2) is 0 Å². The zero-order valence-corrected chi connectivity index (χ0v) is 19.7. The molecule has 1 aliphatic heterocycles. The standard InChI is InChI=1S/C21H24ClN3O7S/c1-14-5-7-17(11-18(14)25(27)28)33(29,30)24(19-10-15(22)6-8-20(19)31-2)13-21(26)23-12-16-4-3-9-32-16/h5-8,10-11,16H,3-4,9,12-13H2,1-2H3,(H,23,26)/t16-/m1/s1. The predicted molar refractivity (Wildman–Crippen MR) is 122 cm³/mol. The molecule has 0 bridgehead atoms. The average molecular weight is 498 g/mol. The molecular formula is C21H24ClN3O7S. The molecule has 1 N–H and O–H groups in total. The second kappa shape index (κ2) is 10.4. The summed E-state index contributed by atoms with van der Waals surface area (Å²) in [4.78, 5) is 23.1. The summed E-state index contributed by atoms with van der Waals surface area (Å²) in [7, 11) is -3.06. The van der Waals surface area contributed by atoms with Crippen molar-refractivity contribution in [3.63, 3.8) is 0 Å². The van der Waals surface area contributed by atoms with Gasteiger partial charge in [0.1, 0.15) is 12.3 Å². The molecule has 0 aliphatic carbocycles. The van der Waals surface area contributed by atoms with Gasteiger partial charge in [-0.05, 0) is 44.0 Å². The number of nitrogens with one attached hydrogen (secondary N) is 1. The highest BCUT2D eigenvalue weighted by atomic mass is 35.5. The number of methoxy groups -OCH3 is 1. The van der Waals surface area contributed by atoms with Crippen LogP contribution in [0.4, 0.5) is 11.4 Å². The van der Waals surface area contributed by atoms with Gasteiger partial charge in [-0.15, -0.1) is 0 Å². The second-order valence-corrected chi connectivity index (χ2v) is 9.77. The molecule has 0 spiro atoms. The van der Waals surface area contributed by atoms with E-state index in [0.717, 1.165) is 23.2 Å². The van der Waals surface area contributed by atoms with Crippen LogP contribution in [0.3, 0.4) is 0 Å². The van der Waals surface area contributed by atoms with Gasteiger partial charge in [0.05, 0.1) is 28.7 Å². The van der Waals surface area contributed by atoms with Gasteiger partial charge >= 0.3 is 0 Å². The molecule has 33 heavy (non-hydrogen) atoms. The zero-order valence-electron chi connectivity index (χ0n) is 18.1. The summed E-state index contributed by atoms with van der Waals surface area (Å²) in [5.74, 6) is -0.408. The Morgan fingerprint density at radius 2 is 2.09 bits per heavy atom. The molecule has 12 heteroatoms. The van der Waals surface area contributed by atoms with Gasteiger partial charge in [-0.25, -0.2) is 8.42 Å². The SMILES string of the molecule is COc1ccc(Cl)cc1N(CC(=O)NC[C@H]1CCCO1)S(=O)(=O)c1ccc(C)c([N+](=O)[O-])c1. The Kier molecular flexibility index (Phi) is 7.77. The summed E-state index contributed by atoms with van der Waals surface area (Å²) < 4.78 is 38.8. The molecule has 10 nitrogen and oxygen atoms in total. The Morgan fingerprint density at radius 3 is 2.73 bits per heavy atom. The molecule has 1 amide bonds. The van der Waals surface area contributed by atoms with Crippen molar-refractivity contribution in [2.45, 2.75) is 30.8 Å². The van der Waals surface area contributed by atoms with Crippen LogP contribution in [-0.4, -0.2) is 52.2 Å². The third-order valence-electron chi connectivity index (χ3n) is 5.21. The second-order valence-electron chi connectivity index (χ2n) is 7.47. The fourth-order valence-corrected chi connectivity index (χ4v) is 5.06. The molecular weight excluding hydrogens is 474 g/mol. The summed E-state index contributed by atoms with van der Waals surface area (Å²) in [5.41, 5.74) is -0.0162. The summed E-state index contributed by atoms with van der Waals surface area (Å²) in [6.07, 6.45) is 1.57. The van der Waals surface area contributed by atoms with E-state index in [4.69, 9.17) is 21.1 Å². The average Bonchev–Trinajstić information content (AvgIpc) is 3.29. The number of aryl methyl sites for hydroxylation is 1. The van der Waals surface area contributed by atoms with Crippen molar-refractivity contribution >= 4 is 38.9 Å². The summed E-state index contributed by atoms with van der Waals surface area (Å²) in [6.45, 7) is 1.78. The van der Waals surface area contributed by atoms with Crippen LogP contribution in [0.2, 0.25) is 5.02 Å². The minimum Gasteiger partial charge on any atom is -0.495 e. The highest BCUT2D eigenvalue weighted by Gasteiger charge is 2.31. The molecule has 1 atom stereocenters. The number of anilines is 1. The molecule has 2 aromatic carbocycles. The highest BCUT2D eigenvalue weighted by molar-refractivity contribution is 7.92. The van der Waals surface area contributed by atoms with E-state index in [1.165, 1.54) is 44.4 Å². The van der Waals surface area contributed by atoms with Crippen LogP contribution >= 0.6 is 11.6 Å². The van der Waals surface area contributed by atoms with E-state index in [1.54, 1.807) is 0 Å². The van der Waals surface area contributed by atoms with Crippen LogP contribution in [-0.2, 0) is 19.6 Å². The Balaban J connectivity index is 2.01. The van der Waals surface area contributed by atoms with Crippen molar-refractivity contribution in [1.82, 2.24) is 5.32 Å². The lowest BCUT2D eigenvalue weighted by atomic mass is 10.2. The first-order chi connectivity index (χ1) is 15.6. The van der Waals surface area contributed by atoms with Crippen LogP contribution in [0, 0.1) is 17.0 Å². The number of rotatable bonds is 9. The van der Waals surface area contributed by atoms with Gasteiger partial charge in [0.25, 0.3) is 15.7 Å². The number of benzene rings is 2. The minimum absolute atomic E-state index is 0.0282. The van der Waals surface area contributed by atoms with Crippen molar-refractivity contribution in [3.8, 4) is 5.75 Å². The zero-order chi connectivity index (χ0) is 24.2. The van der Waals surface area contributed by atoms with Crippen LogP contribution in [0.1, 0.15) is 18.4 Å². The van der Waals surface area contributed by atoms with Gasteiger partial charge in [-0.2, -0.15) is 0 Å². The minimum atomic E-state index is -4.41. The van der Waals surface area contributed by atoms with E-state index < -0.39 is 27.4 Å². The maximum absolute atomic E-state index is 13.6. The number of carbonyl (C=O) groups excluding carboxylic acids is 1. The van der Waals surface area contributed by atoms with Crippen molar-refractivity contribution in [2.75, 3.05) is 31.1 Å². The van der Waals surface area contributed by atoms with E-state index >= 15 is 0 Å². The molecule has 2 aromatic rings. The van der Waals surface area contributed by atoms with Gasteiger partial charge in [0.2, 0.25) is 5.91 Å². The lowest BCUT2D eigenvalue weighted by Crippen LogP contribution is -2.43. The van der Waals surface area contributed by atoms with E-state index in [9.17, 15) is 23.3 Å². The molecule has 0 unspecified atom stereocenters. The van der Waals surface area contributed by atoms with Gasteiger partial charge in [-0.1, -0.05) is 17.7 Å². The van der Waals surface area contributed by atoms with E-state index in [-0.39, 0.29) is 39.7 Å². The number of hydrogen-bond acceptors (Lipinski definition) is 7. The Labute approximate surface area is 196 Å². The van der Waals surface area contributed by atoms with E-state index in [0.29, 0.717) is 12.2 Å². The number of nitrogens with zero attached hydrogens (tertiary/aromatic N) is 2. The third-order valence-corrected chi connectivity index (χ3v) is 7.20. The molecule has 3 rings (SSSR count). The Hall–Kier alpha value is -2.89. The number of ether oxygens (including phenoxy) is 2. The normalized spacial score (nSPS) is 15.8. The molecule has 1 aliphatic rings. The van der Waals surface area contributed by atoms with Crippen molar-refractivity contribution in [3.05, 3.63) is 57.1 Å². The predicted octanol–water partition coefficient (Wildman–Crippen LogP) is 3.06. The Morgan fingerprint density at radius 1 is 1.33 bits per heavy atom. The number of nitro benzene ring substituents is 1. The van der Waals surface area contributed by atoms with Crippen LogP contribution in [0.25, 0.3) is 0 Å². The number of sulfonamides is 1. The molecule has 1 heterocycles. The number of carbonyl (C=O) groups is 1. The first-order valence-electron chi connectivity index (χ1n) is 10.1. The van der Waals surface area contributed by atoms with Crippen LogP contribution in [0.5, 0.6) is 5.75 Å². The smallest absolute Gasteiger partial charge is 0.273 e. The number of halogens is 1. The van der Waals surface area contributed by atoms with Gasteiger partial charge in [0, 0.05) is 29.8 Å². The third kappa shape index (κ3) is 5.73. The van der Waals surface area contributed by atoms with Crippen molar-refractivity contribution < 1.29 is 27.6 Å². The Bertz CT molecular complexity index is 1150. The van der Waals surface area contributed by atoms with Gasteiger partial charge < -0.3 is 14.8 Å². The molecule has 0 aromatic heterocycles. The van der Waals surface area contributed by atoms with Crippen LogP contribution in [0.15, 0.2) is 41.3 Å². The molecule has 0 saturated carbocycles.